The van der Waals surface area contributed by atoms with Crippen LogP contribution in [0.15, 0.2) is 91.1 Å². The number of methoxy groups -OCH3 is 1. The second kappa shape index (κ2) is 12.5. The molecule has 0 aliphatic carbocycles. The first-order valence-electron chi connectivity index (χ1n) is 13.3. The van der Waals surface area contributed by atoms with Gasteiger partial charge in [0.05, 0.1) is 29.0 Å². The molecule has 0 aliphatic heterocycles. The summed E-state index contributed by atoms with van der Waals surface area (Å²) >= 11 is 12.4. The Morgan fingerprint density at radius 1 is 0.930 bits per heavy atom. The van der Waals surface area contributed by atoms with Crippen LogP contribution in [0.5, 0.6) is 11.5 Å². The molecule has 0 amide bonds. The molecule has 10 heteroatoms. The number of aromatic amines is 1. The number of hydrogen-bond donors (Lipinski definition) is 1. The number of rotatable bonds is 8. The summed E-state index contributed by atoms with van der Waals surface area (Å²) < 4.78 is 50.5. The molecule has 1 atom stereocenters. The van der Waals surface area contributed by atoms with Crippen LogP contribution < -0.4 is 4.74 Å². The minimum absolute atomic E-state index is 0.0206. The number of benzene rings is 4. The van der Waals surface area contributed by atoms with E-state index in [2.05, 4.69) is 16.6 Å². The Labute approximate surface area is 256 Å². The number of imidazole rings is 1. The summed E-state index contributed by atoms with van der Waals surface area (Å²) in [6.45, 7) is 2.09. The summed E-state index contributed by atoms with van der Waals surface area (Å²) in [5.74, 6) is 0.204. The lowest BCUT2D eigenvalue weighted by Gasteiger charge is -2.15. The van der Waals surface area contributed by atoms with E-state index in [9.17, 15) is 18.0 Å². The van der Waals surface area contributed by atoms with Crippen molar-refractivity contribution in [1.82, 2.24) is 9.97 Å². The Morgan fingerprint density at radius 2 is 1.67 bits per heavy atom. The highest BCUT2D eigenvalue weighted by Gasteiger charge is 2.36. The molecule has 0 bridgehead atoms. The number of halogens is 5. The molecule has 43 heavy (non-hydrogen) atoms. The maximum Gasteiger partial charge on any atom is 0.417 e. The average Bonchev–Trinajstić information content (AvgIpc) is 3.46. The maximum absolute atomic E-state index is 13.4. The Kier molecular flexibility index (Phi) is 8.80. The number of aromatic nitrogens is 2. The van der Waals surface area contributed by atoms with Crippen LogP contribution in [0, 0.1) is 0 Å². The first-order chi connectivity index (χ1) is 20.6. The highest BCUT2D eigenvalue weighted by molar-refractivity contribution is 6.36. The number of esters is 1. The first kappa shape index (κ1) is 30.2. The van der Waals surface area contributed by atoms with E-state index in [0.29, 0.717) is 15.8 Å². The van der Waals surface area contributed by atoms with Crippen molar-refractivity contribution >= 4 is 29.2 Å². The van der Waals surface area contributed by atoms with Crippen molar-refractivity contribution < 1.29 is 27.4 Å². The van der Waals surface area contributed by atoms with Crippen molar-refractivity contribution in [3.05, 3.63) is 124 Å². The number of ether oxygens (including phenoxy) is 2. The van der Waals surface area contributed by atoms with Crippen molar-refractivity contribution in [3.63, 3.8) is 0 Å². The van der Waals surface area contributed by atoms with Gasteiger partial charge in [0.15, 0.2) is 0 Å². The molecule has 1 heterocycles. The monoisotopic (exact) mass is 624 g/mol. The minimum atomic E-state index is -4.71. The third kappa shape index (κ3) is 6.71. The van der Waals surface area contributed by atoms with Gasteiger partial charge in [0.1, 0.15) is 17.3 Å². The zero-order valence-corrected chi connectivity index (χ0v) is 24.5. The van der Waals surface area contributed by atoms with E-state index in [0.717, 1.165) is 59.4 Å². The van der Waals surface area contributed by atoms with Gasteiger partial charge in [-0.1, -0.05) is 66.5 Å². The molecule has 0 saturated carbocycles. The predicted molar refractivity (Wildman–Crippen MR) is 161 cm³/mol. The number of H-pyrrole nitrogens is 1. The molecule has 4 aromatic carbocycles. The van der Waals surface area contributed by atoms with Crippen LogP contribution in [0.25, 0.3) is 22.4 Å². The average molecular weight is 625 g/mol. The molecule has 0 radical (unpaired) electrons. The Hall–Kier alpha value is -4.27. The van der Waals surface area contributed by atoms with Crippen LogP contribution in [-0.2, 0) is 10.9 Å². The van der Waals surface area contributed by atoms with Gasteiger partial charge in [-0.2, -0.15) is 13.2 Å². The summed E-state index contributed by atoms with van der Waals surface area (Å²) in [5, 5.41) is 1.08. The molecular formula is C33H25Cl2F3N2O3. The van der Waals surface area contributed by atoms with E-state index in [-0.39, 0.29) is 11.7 Å². The molecule has 0 saturated heterocycles. The fourth-order valence-corrected chi connectivity index (χ4v) is 5.34. The molecule has 0 spiro atoms. The Morgan fingerprint density at radius 3 is 2.35 bits per heavy atom. The van der Waals surface area contributed by atoms with Gasteiger partial charge in [-0.25, -0.2) is 9.78 Å². The first-order valence-corrected chi connectivity index (χ1v) is 14.0. The Bertz CT molecular complexity index is 1770. The smallest absolute Gasteiger partial charge is 0.417 e. The van der Waals surface area contributed by atoms with Gasteiger partial charge < -0.3 is 14.5 Å². The molecule has 5 rings (SSSR count). The van der Waals surface area contributed by atoms with Crippen molar-refractivity contribution in [2.45, 2.75) is 25.4 Å². The SMILES string of the molecule is CCC(c1ccc(-c2cccc(Oc3ccc(C(F)(F)F)c(C(=O)OC)c3)c2)cc1)c1nc(-c2ccc(Cl)cc2Cl)c[nH]1. The largest absolute Gasteiger partial charge is 0.465 e. The third-order valence-corrected chi connectivity index (χ3v) is 7.51. The molecule has 5 aromatic rings. The van der Waals surface area contributed by atoms with E-state index >= 15 is 0 Å². The molecule has 5 nitrogen and oxygen atoms in total. The van der Waals surface area contributed by atoms with E-state index in [1.165, 1.54) is 6.07 Å². The Balaban J connectivity index is 1.36. The third-order valence-electron chi connectivity index (χ3n) is 6.96. The molecular weight excluding hydrogens is 600 g/mol. The van der Waals surface area contributed by atoms with E-state index in [4.69, 9.17) is 32.9 Å². The van der Waals surface area contributed by atoms with Crippen molar-refractivity contribution in [2.75, 3.05) is 7.11 Å². The lowest BCUT2D eigenvalue weighted by atomic mass is 9.93. The van der Waals surface area contributed by atoms with Crippen LogP contribution in [0.2, 0.25) is 10.0 Å². The van der Waals surface area contributed by atoms with Crippen LogP contribution in [-0.4, -0.2) is 23.0 Å². The second-order valence-corrected chi connectivity index (χ2v) is 10.5. The molecule has 0 fully saturated rings. The summed E-state index contributed by atoms with van der Waals surface area (Å²) in [5.41, 5.74) is 2.64. The highest BCUT2D eigenvalue weighted by atomic mass is 35.5. The lowest BCUT2D eigenvalue weighted by Crippen LogP contribution is -2.14. The number of hydrogen-bond acceptors (Lipinski definition) is 4. The van der Waals surface area contributed by atoms with Crippen molar-refractivity contribution in [2.24, 2.45) is 0 Å². The van der Waals surface area contributed by atoms with Gasteiger partial charge in [-0.15, -0.1) is 0 Å². The lowest BCUT2D eigenvalue weighted by molar-refractivity contribution is -0.138. The molecule has 1 aromatic heterocycles. The van der Waals surface area contributed by atoms with Gasteiger partial charge in [0, 0.05) is 22.7 Å². The summed E-state index contributed by atoms with van der Waals surface area (Å²) in [6.07, 6.45) is -2.07. The van der Waals surface area contributed by atoms with E-state index in [1.807, 2.05) is 42.6 Å². The summed E-state index contributed by atoms with van der Waals surface area (Å²) in [6, 6.07) is 23.5. The van der Waals surface area contributed by atoms with Crippen molar-refractivity contribution in [1.29, 1.82) is 0 Å². The van der Waals surface area contributed by atoms with E-state index < -0.39 is 23.3 Å². The fraction of sp³-hybridized carbons (Fsp3) is 0.152. The number of nitrogens with zero attached hydrogens (tertiary/aromatic N) is 1. The van der Waals surface area contributed by atoms with Crippen LogP contribution in [0.3, 0.4) is 0 Å². The standard InChI is InChI=1S/C33H25Cl2F3N2O3/c1-3-25(31-39-18-30(40-31)26-13-11-22(34)16-29(26)35)20-9-7-19(8-10-20)21-5-4-6-23(15-21)43-24-12-14-28(33(36,37)38)27(17-24)32(41)42-2/h4-18,25H,3H2,1-2H3,(H,39,40). The quantitative estimate of drug-likeness (QED) is 0.174. The van der Waals surface area contributed by atoms with Crippen molar-refractivity contribution in [3.8, 4) is 33.9 Å². The van der Waals surface area contributed by atoms with Gasteiger partial charge in [-0.05, 0) is 71.6 Å². The topological polar surface area (TPSA) is 64.2 Å². The minimum Gasteiger partial charge on any atom is -0.465 e. The van der Waals surface area contributed by atoms with Gasteiger partial charge in [-0.3, -0.25) is 0 Å². The van der Waals surface area contributed by atoms with Gasteiger partial charge in [0.2, 0.25) is 0 Å². The van der Waals surface area contributed by atoms with Crippen LogP contribution >= 0.6 is 23.2 Å². The zero-order valence-electron chi connectivity index (χ0n) is 23.0. The second-order valence-electron chi connectivity index (χ2n) is 9.70. The van der Waals surface area contributed by atoms with Gasteiger partial charge >= 0.3 is 12.1 Å². The zero-order chi connectivity index (χ0) is 30.7. The molecule has 1 unspecified atom stereocenters. The fourth-order valence-electron chi connectivity index (χ4n) is 4.83. The van der Waals surface area contributed by atoms with Gasteiger partial charge in [0.25, 0.3) is 0 Å². The number of carbonyl (C=O) groups is 1. The normalized spacial score (nSPS) is 12.2. The summed E-state index contributed by atoms with van der Waals surface area (Å²) in [4.78, 5) is 20.1. The predicted octanol–water partition coefficient (Wildman–Crippen LogP) is 10.2. The molecule has 1 N–H and O–H groups in total. The molecule has 220 valence electrons. The highest BCUT2D eigenvalue weighted by Crippen LogP contribution is 2.37. The summed E-state index contributed by atoms with van der Waals surface area (Å²) in [7, 11) is 1.02. The number of alkyl halides is 3. The van der Waals surface area contributed by atoms with Crippen LogP contribution in [0.1, 0.15) is 46.6 Å². The maximum atomic E-state index is 13.4. The van der Waals surface area contributed by atoms with Crippen LogP contribution in [0.4, 0.5) is 13.2 Å². The number of nitrogens with one attached hydrogen (secondary N) is 1. The molecule has 0 aliphatic rings. The number of carbonyl (C=O) groups excluding carboxylic acids is 1. The van der Waals surface area contributed by atoms with E-state index in [1.54, 1.807) is 30.3 Å².